The largest absolute Gasteiger partial charge is 0.472 e. The molecule has 0 aromatic rings. The summed E-state index contributed by atoms with van der Waals surface area (Å²) in [5, 5.41) is 10.6. The number of carbonyl (C=O) groups is 4. The number of carbonyl (C=O) groups excluding carboxylic acids is 4. The standard InChI is InChI=1S/C79H146O17P2/c1-5-9-13-17-21-25-29-33-35-36-38-42-44-48-52-56-60-64-77(82)90-70-75(96-79(84)66-62-58-54-50-46-40-32-28-24-20-16-12-8-4)72-94-98(87,88)92-68-73(80)67-91-97(85,86)93-71-74(95-78(83)65-61-57-53-49-45-39-31-27-23-19-15-11-7-3)69-89-76(81)63-59-55-51-47-43-41-37-34-30-26-22-18-14-10-6-2/h21,25,33,35,38,42,48,52,73-75,80H,5-20,22-24,26-32,34,36-37,39-41,43-47,49-51,53-72H2,1-4H3,(H,85,86)(H,87,88)/b25-21-,35-33-,42-38-,52-48-/t73-,74+,75+/m0/s1. The number of ether oxygens (including phenoxy) is 4. The molecule has 0 aliphatic heterocycles. The highest BCUT2D eigenvalue weighted by Gasteiger charge is 2.30. The van der Waals surface area contributed by atoms with Crippen LogP contribution < -0.4 is 0 Å². The molecule has 0 amide bonds. The van der Waals surface area contributed by atoms with Crippen molar-refractivity contribution in [3.05, 3.63) is 48.6 Å². The van der Waals surface area contributed by atoms with Gasteiger partial charge in [-0.15, -0.1) is 0 Å². The summed E-state index contributed by atoms with van der Waals surface area (Å²) in [5.41, 5.74) is 0. The average Bonchev–Trinajstić information content (AvgIpc) is 0.969. The minimum absolute atomic E-state index is 0.0909. The molecule has 0 aromatic heterocycles. The van der Waals surface area contributed by atoms with Crippen molar-refractivity contribution in [3.63, 3.8) is 0 Å². The van der Waals surface area contributed by atoms with Gasteiger partial charge >= 0.3 is 39.5 Å². The second-order valence-electron chi connectivity index (χ2n) is 27.0. The number of rotatable bonds is 76. The highest BCUT2D eigenvalue weighted by Crippen LogP contribution is 2.45. The number of aliphatic hydroxyl groups excluding tert-OH is 1. The van der Waals surface area contributed by atoms with E-state index in [2.05, 4.69) is 64.2 Å². The second kappa shape index (κ2) is 72.4. The fourth-order valence-corrected chi connectivity index (χ4v) is 12.8. The summed E-state index contributed by atoms with van der Waals surface area (Å²) in [6.45, 7) is 4.87. The van der Waals surface area contributed by atoms with Gasteiger partial charge in [-0.3, -0.25) is 37.3 Å². The number of unbranched alkanes of at least 4 members (excludes halogenated alkanes) is 42. The van der Waals surface area contributed by atoms with Crippen LogP contribution in [0.2, 0.25) is 0 Å². The van der Waals surface area contributed by atoms with Crippen molar-refractivity contribution in [2.45, 2.75) is 393 Å². The molecule has 0 bridgehead atoms. The Bertz CT molecular complexity index is 2050. The molecule has 0 heterocycles. The Balaban J connectivity index is 5.33. The van der Waals surface area contributed by atoms with Gasteiger partial charge in [-0.25, -0.2) is 9.13 Å². The number of allylic oxidation sites excluding steroid dienone is 8. The van der Waals surface area contributed by atoms with Gasteiger partial charge < -0.3 is 33.8 Å². The van der Waals surface area contributed by atoms with Crippen molar-refractivity contribution < 1.29 is 80.2 Å². The highest BCUT2D eigenvalue weighted by molar-refractivity contribution is 7.47. The summed E-state index contributed by atoms with van der Waals surface area (Å²) in [5.74, 6) is -2.20. The number of hydrogen-bond donors (Lipinski definition) is 3. The molecule has 3 N–H and O–H groups in total. The molecule has 574 valence electrons. The fourth-order valence-electron chi connectivity index (χ4n) is 11.2. The summed E-state index contributed by atoms with van der Waals surface area (Å²) in [7, 11) is -9.94. The van der Waals surface area contributed by atoms with Gasteiger partial charge in [0.15, 0.2) is 12.2 Å². The van der Waals surface area contributed by atoms with Gasteiger partial charge in [0.05, 0.1) is 26.4 Å². The summed E-state index contributed by atoms with van der Waals surface area (Å²) < 4.78 is 68.5. The molecular weight excluding hydrogens is 1280 g/mol. The predicted octanol–water partition coefficient (Wildman–Crippen LogP) is 22.9. The Hall–Kier alpha value is -2.98. The minimum Gasteiger partial charge on any atom is -0.462 e. The lowest BCUT2D eigenvalue weighted by atomic mass is 10.0. The maximum absolute atomic E-state index is 13.1. The second-order valence-corrected chi connectivity index (χ2v) is 29.9. The summed E-state index contributed by atoms with van der Waals surface area (Å²) in [4.78, 5) is 72.9. The van der Waals surface area contributed by atoms with E-state index in [0.717, 1.165) is 96.3 Å². The molecule has 0 aromatic carbocycles. The molecular formula is C79H146O17P2. The van der Waals surface area contributed by atoms with Crippen LogP contribution in [0.5, 0.6) is 0 Å². The maximum atomic E-state index is 13.1. The zero-order valence-corrected chi connectivity index (χ0v) is 64.5. The van der Waals surface area contributed by atoms with Gasteiger partial charge in [-0.05, 0) is 64.2 Å². The number of esters is 4. The summed E-state index contributed by atoms with van der Waals surface area (Å²) in [6.07, 6.45) is 69.5. The monoisotopic (exact) mass is 1430 g/mol. The zero-order valence-electron chi connectivity index (χ0n) is 62.7. The average molecular weight is 1430 g/mol. The van der Waals surface area contributed by atoms with E-state index in [-0.39, 0.29) is 25.7 Å². The molecule has 2 unspecified atom stereocenters. The van der Waals surface area contributed by atoms with E-state index in [1.807, 2.05) is 12.2 Å². The van der Waals surface area contributed by atoms with Crippen LogP contribution in [0.15, 0.2) is 48.6 Å². The third-order valence-corrected chi connectivity index (χ3v) is 19.2. The summed E-state index contributed by atoms with van der Waals surface area (Å²) in [6, 6.07) is 0. The maximum Gasteiger partial charge on any atom is 0.472 e. The molecule has 19 heteroatoms. The first-order valence-corrected chi connectivity index (χ1v) is 42.9. The van der Waals surface area contributed by atoms with E-state index in [0.29, 0.717) is 32.1 Å². The van der Waals surface area contributed by atoms with Gasteiger partial charge in [-0.2, -0.15) is 0 Å². The van der Waals surface area contributed by atoms with Crippen molar-refractivity contribution in [1.29, 1.82) is 0 Å². The molecule has 0 saturated carbocycles. The normalized spacial score (nSPS) is 14.2. The lowest BCUT2D eigenvalue weighted by Crippen LogP contribution is -2.30. The van der Waals surface area contributed by atoms with Crippen molar-refractivity contribution in [3.8, 4) is 0 Å². The number of phosphoric acid groups is 2. The molecule has 0 aliphatic carbocycles. The van der Waals surface area contributed by atoms with E-state index < -0.39 is 97.5 Å². The smallest absolute Gasteiger partial charge is 0.462 e. The lowest BCUT2D eigenvalue weighted by Gasteiger charge is -2.21. The van der Waals surface area contributed by atoms with Crippen LogP contribution in [0, 0.1) is 0 Å². The molecule has 0 saturated heterocycles. The third-order valence-electron chi connectivity index (χ3n) is 17.3. The number of aliphatic hydroxyl groups is 1. The van der Waals surface area contributed by atoms with Crippen molar-refractivity contribution in [2.75, 3.05) is 39.6 Å². The summed E-state index contributed by atoms with van der Waals surface area (Å²) >= 11 is 0. The molecule has 5 atom stereocenters. The van der Waals surface area contributed by atoms with Gasteiger partial charge in [0.2, 0.25) is 0 Å². The first kappa shape index (κ1) is 95.0. The van der Waals surface area contributed by atoms with Crippen LogP contribution in [0.3, 0.4) is 0 Å². The van der Waals surface area contributed by atoms with E-state index in [4.69, 9.17) is 37.0 Å². The minimum atomic E-state index is -4.98. The van der Waals surface area contributed by atoms with Gasteiger partial charge in [0.1, 0.15) is 19.3 Å². The SMILES string of the molecule is CCCCC/C=C\C/C=C\C/C=C\C/C=C\CCCC(=O)OC[C@H](COP(=O)(O)OC[C@@H](O)COP(=O)(O)OC[C@@H](COC(=O)CCCCCCCCCCCCCCCCC)OC(=O)CCCCCCCCCCCCCCC)OC(=O)CCCCCCCCCCCCCCC. The van der Waals surface area contributed by atoms with Gasteiger partial charge in [-0.1, -0.05) is 333 Å². The van der Waals surface area contributed by atoms with Crippen LogP contribution in [0.25, 0.3) is 0 Å². The van der Waals surface area contributed by atoms with E-state index in [9.17, 15) is 43.2 Å². The van der Waals surface area contributed by atoms with Gasteiger partial charge in [0.25, 0.3) is 0 Å². The molecule has 17 nitrogen and oxygen atoms in total. The van der Waals surface area contributed by atoms with Crippen LogP contribution in [0.4, 0.5) is 0 Å². The topological polar surface area (TPSA) is 237 Å². The molecule has 0 rings (SSSR count). The van der Waals surface area contributed by atoms with Crippen LogP contribution in [-0.4, -0.2) is 96.7 Å². The Labute approximate surface area is 597 Å². The van der Waals surface area contributed by atoms with E-state index in [1.165, 1.54) is 193 Å². The highest BCUT2D eigenvalue weighted by atomic mass is 31.2. The molecule has 98 heavy (non-hydrogen) atoms. The molecule has 0 radical (unpaired) electrons. The van der Waals surface area contributed by atoms with E-state index >= 15 is 0 Å². The predicted molar refractivity (Wildman–Crippen MR) is 400 cm³/mol. The van der Waals surface area contributed by atoms with Crippen LogP contribution in [-0.2, 0) is 65.4 Å². The Kier molecular flexibility index (Phi) is 70.2. The number of phosphoric ester groups is 2. The fraction of sp³-hybridized carbons (Fsp3) is 0.848. The van der Waals surface area contributed by atoms with Gasteiger partial charge in [0, 0.05) is 25.7 Å². The zero-order chi connectivity index (χ0) is 71.8. The first-order valence-electron chi connectivity index (χ1n) is 39.9. The lowest BCUT2D eigenvalue weighted by molar-refractivity contribution is -0.161. The Morgan fingerprint density at radius 3 is 0.806 bits per heavy atom. The van der Waals surface area contributed by atoms with E-state index in [1.54, 1.807) is 0 Å². The molecule has 0 aliphatic rings. The van der Waals surface area contributed by atoms with Crippen LogP contribution >= 0.6 is 15.6 Å². The Morgan fingerprint density at radius 2 is 0.510 bits per heavy atom. The molecule has 0 spiro atoms. The number of hydrogen-bond acceptors (Lipinski definition) is 15. The Morgan fingerprint density at radius 1 is 0.286 bits per heavy atom. The quantitative estimate of drug-likeness (QED) is 0.0169. The van der Waals surface area contributed by atoms with Crippen molar-refractivity contribution in [2.24, 2.45) is 0 Å². The van der Waals surface area contributed by atoms with Crippen molar-refractivity contribution >= 4 is 39.5 Å². The first-order chi connectivity index (χ1) is 47.7. The van der Waals surface area contributed by atoms with Crippen molar-refractivity contribution in [1.82, 2.24) is 0 Å². The molecule has 0 fully saturated rings. The van der Waals surface area contributed by atoms with Crippen LogP contribution in [0.1, 0.15) is 374 Å². The third kappa shape index (κ3) is 71.4.